The van der Waals surface area contributed by atoms with E-state index in [1.54, 1.807) is 24.3 Å². The number of carbonyl (C=O) groups excluding carboxylic acids is 2. The summed E-state index contributed by atoms with van der Waals surface area (Å²) in [5.41, 5.74) is 1.80. The van der Waals surface area contributed by atoms with E-state index < -0.39 is 0 Å². The van der Waals surface area contributed by atoms with Crippen molar-refractivity contribution in [3.8, 4) is 0 Å². The molecule has 2 aromatic rings. The number of hydrogen-bond acceptors (Lipinski definition) is 2. The van der Waals surface area contributed by atoms with Gasteiger partial charge in [-0.15, -0.1) is 0 Å². The standard InChI is InChI=1S/C22H25ClN2O2/c23-20-9-5-4-8-19(20)22(27)24-13-10-21(26)25-14-11-18(12-15-25)16-17-6-2-1-3-7-17/h1-9,18H,10-16H2,(H,24,27). The van der Waals surface area contributed by atoms with Crippen LogP contribution in [-0.4, -0.2) is 36.3 Å². The van der Waals surface area contributed by atoms with Crippen molar-refractivity contribution in [3.63, 3.8) is 0 Å². The van der Waals surface area contributed by atoms with Crippen molar-refractivity contribution in [1.29, 1.82) is 0 Å². The van der Waals surface area contributed by atoms with E-state index in [9.17, 15) is 9.59 Å². The summed E-state index contributed by atoms with van der Waals surface area (Å²) in [6, 6.07) is 17.4. The average molecular weight is 385 g/mol. The molecule has 5 heteroatoms. The summed E-state index contributed by atoms with van der Waals surface area (Å²) in [4.78, 5) is 26.4. The predicted octanol–water partition coefficient (Wildman–Crippen LogP) is 3.94. The quantitative estimate of drug-likeness (QED) is 0.820. The summed E-state index contributed by atoms with van der Waals surface area (Å²) in [7, 11) is 0. The topological polar surface area (TPSA) is 49.4 Å². The first-order valence-corrected chi connectivity index (χ1v) is 9.85. The number of nitrogens with one attached hydrogen (secondary N) is 1. The lowest BCUT2D eigenvalue weighted by atomic mass is 9.90. The lowest BCUT2D eigenvalue weighted by Crippen LogP contribution is -2.40. The van der Waals surface area contributed by atoms with Crippen molar-refractivity contribution in [2.24, 2.45) is 5.92 Å². The van der Waals surface area contributed by atoms with Crippen LogP contribution in [0.15, 0.2) is 54.6 Å². The summed E-state index contributed by atoms with van der Waals surface area (Å²) in [6.07, 6.45) is 3.47. The number of benzene rings is 2. The van der Waals surface area contributed by atoms with Gasteiger partial charge in [0.15, 0.2) is 0 Å². The number of piperidine rings is 1. The van der Waals surface area contributed by atoms with Gasteiger partial charge < -0.3 is 10.2 Å². The van der Waals surface area contributed by atoms with Crippen LogP contribution in [0, 0.1) is 5.92 Å². The number of rotatable bonds is 6. The lowest BCUT2D eigenvalue weighted by molar-refractivity contribution is -0.132. The summed E-state index contributed by atoms with van der Waals surface area (Å²) in [5.74, 6) is 0.499. The van der Waals surface area contributed by atoms with Crippen LogP contribution in [-0.2, 0) is 11.2 Å². The van der Waals surface area contributed by atoms with Gasteiger partial charge in [0.25, 0.3) is 5.91 Å². The Bertz CT molecular complexity index is 771. The zero-order chi connectivity index (χ0) is 19.1. The summed E-state index contributed by atoms with van der Waals surface area (Å²) in [6.45, 7) is 1.93. The third-order valence-electron chi connectivity index (χ3n) is 5.08. The van der Waals surface area contributed by atoms with Gasteiger partial charge in [-0.25, -0.2) is 0 Å². The zero-order valence-electron chi connectivity index (χ0n) is 15.4. The van der Waals surface area contributed by atoms with Gasteiger partial charge in [0, 0.05) is 26.1 Å². The van der Waals surface area contributed by atoms with E-state index in [0.29, 0.717) is 29.5 Å². The smallest absolute Gasteiger partial charge is 0.252 e. The molecule has 0 bridgehead atoms. The highest BCUT2D eigenvalue weighted by atomic mass is 35.5. The van der Waals surface area contributed by atoms with E-state index in [-0.39, 0.29) is 11.8 Å². The second-order valence-electron chi connectivity index (χ2n) is 7.00. The Labute approximate surface area is 165 Å². The molecule has 3 rings (SSSR count). The molecule has 4 nitrogen and oxygen atoms in total. The molecule has 1 heterocycles. The number of hydrogen-bond donors (Lipinski definition) is 1. The first-order valence-electron chi connectivity index (χ1n) is 9.48. The van der Waals surface area contributed by atoms with E-state index in [4.69, 9.17) is 11.6 Å². The minimum absolute atomic E-state index is 0.104. The highest BCUT2D eigenvalue weighted by Crippen LogP contribution is 2.22. The molecule has 0 aliphatic carbocycles. The molecule has 142 valence electrons. The summed E-state index contributed by atoms with van der Waals surface area (Å²) in [5, 5.41) is 3.20. The van der Waals surface area contributed by atoms with Gasteiger partial charge in [0.05, 0.1) is 10.6 Å². The molecule has 1 aliphatic heterocycles. The fourth-order valence-electron chi connectivity index (χ4n) is 3.52. The van der Waals surface area contributed by atoms with E-state index in [2.05, 4.69) is 29.6 Å². The van der Waals surface area contributed by atoms with E-state index in [0.717, 1.165) is 32.4 Å². The first-order chi connectivity index (χ1) is 13.1. The Morgan fingerprint density at radius 2 is 1.67 bits per heavy atom. The number of nitrogens with zero attached hydrogens (tertiary/aromatic N) is 1. The van der Waals surface area contributed by atoms with Crippen LogP contribution in [0.2, 0.25) is 5.02 Å². The van der Waals surface area contributed by atoms with Crippen molar-refractivity contribution in [2.75, 3.05) is 19.6 Å². The maximum Gasteiger partial charge on any atom is 0.252 e. The molecule has 0 radical (unpaired) electrons. The molecule has 1 N–H and O–H groups in total. The lowest BCUT2D eigenvalue weighted by Gasteiger charge is -2.32. The zero-order valence-corrected chi connectivity index (χ0v) is 16.1. The van der Waals surface area contributed by atoms with Gasteiger partial charge in [0.2, 0.25) is 5.91 Å². The first kappa shape index (κ1) is 19.4. The van der Waals surface area contributed by atoms with Gasteiger partial charge in [-0.3, -0.25) is 9.59 Å². The van der Waals surface area contributed by atoms with Crippen molar-refractivity contribution in [2.45, 2.75) is 25.7 Å². The van der Waals surface area contributed by atoms with E-state index in [1.165, 1.54) is 5.56 Å². The van der Waals surface area contributed by atoms with E-state index in [1.807, 2.05) is 11.0 Å². The highest BCUT2D eigenvalue weighted by Gasteiger charge is 2.22. The summed E-state index contributed by atoms with van der Waals surface area (Å²) >= 11 is 6.02. The fraction of sp³-hybridized carbons (Fsp3) is 0.364. The molecular formula is C22H25ClN2O2. The Hall–Kier alpha value is -2.33. The minimum Gasteiger partial charge on any atom is -0.351 e. The maximum absolute atomic E-state index is 12.4. The molecule has 0 atom stereocenters. The van der Waals surface area contributed by atoms with Gasteiger partial charge in [-0.2, -0.15) is 0 Å². The monoisotopic (exact) mass is 384 g/mol. The fourth-order valence-corrected chi connectivity index (χ4v) is 3.74. The number of carbonyl (C=O) groups is 2. The van der Waals surface area contributed by atoms with Gasteiger partial charge in [-0.05, 0) is 42.9 Å². The van der Waals surface area contributed by atoms with Gasteiger partial charge >= 0.3 is 0 Å². The van der Waals surface area contributed by atoms with Crippen LogP contribution >= 0.6 is 11.6 Å². The second-order valence-corrected chi connectivity index (χ2v) is 7.41. The van der Waals surface area contributed by atoms with Crippen molar-refractivity contribution >= 4 is 23.4 Å². The molecule has 0 aromatic heterocycles. The van der Waals surface area contributed by atoms with Crippen molar-refractivity contribution in [1.82, 2.24) is 10.2 Å². The van der Waals surface area contributed by atoms with Crippen molar-refractivity contribution < 1.29 is 9.59 Å². The maximum atomic E-state index is 12.4. The van der Waals surface area contributed by atoms with Gasteiger partial charge in [0.1, 0.15) is 0 Å². The molecule has 0 unspecified atom stereocenters. The average Bonchev–Trinajstić information content (AvgIpc) is 2.69. The predicted molar refractivity (Wildman–Crippen MR) is 108 cm³/mol. The SMILES string of the molecule is O=C(NCCC(=O)N1CCC(Cc2ccccc2)CC1)c1ccccc1Cl. The summed E-state index contributed by atoms with van der Waals surface area (Å²) < 4.78 is 0. The Morgan fingerprint density at radius 1 is 1.00 bits per heavy atom. The highest BCUT2D eigenvalue weighted by molar-refractivity contribution is 6.33. The van der Waals surface area contributed by atoms with Crippen LogP contribution in [0.1, 0.15) is 35.2 Å². The number of halogens is 1. The third kappa shape index (κ3) is 5.57. The third-order valence-corrected chi connectivity index (χ3v) is 5.41. The minimum atomic E-state index is -0.241. The normalized spacial score (nSPS) is 14.8. The van der Waals surface area contributed by atoms with Crippen LogP contribution in [0.3, 0.4) is 0 Å². The Balaban J connectivity index is 1.38. The molecule has 2 aromatic carbocycles. The molecule has 0 saturated carbocycles. The second kappa shape index (κ2) is 9.56. The van der Waals surface area contributed by atoms with Crippen LogP contribution < -0.4 is 5.32 Å². The Kier molecular flexibility index (Phi) is 6.88. The van der Waals surface area contributed by atoms with Crippen molar-refractivity contribution in [3.05, 3.63) is 70.7 Å². The molecule has 0 spiro atoms. The van der Waals surface area contributed by atoms with Crippen LogP contribution in [0.4, 0.5) is 0 Å². The largest absolute Gasteiger partial charge is 0.351 e. The molecule has 27 heavy (non-hydrogen) atoms. The molecule has 2 amide bonds. The number of likely N-dealkylation sites (tertiary alicyclic amines) is 1. The molecule has 1 fully saturated rings. The molecule has 1 saturated heterocycles. The number of amides is 2. The van der Waals surface area contributed by atoms with Crippen LogP contribution in [0.25, 0.3) is 0 Å². The molecular weight excluding hydrogens is 360 g/mol. The van der Waals surface area contributed by atoms with Crippen LogP contribution in [0.5, 0.6) is 0 Å². The van der Waals surface area contributed by atoms with E-state index >= 15 is 0 Å². The Morgan fingerprint density at radius 3 is 2.37 bits per heavy atom. The molecule has 1 aliphatic rings. The van der Waals surface area contributed by atoms with Gasteiger partial charge in [-0.1, -0.05) is 54.1 Å².